The fraction of sp³-hybridized carbons (Fsp3) is 0.0556. The first-order chi connectivity index (χ1) is 11.5. The van der Waals surface area contributed by atoms with Gasteiger partial charge in [-0.3, -0.25) is 0 Å². The quantitative estimate of drug-likeness (QED) is 0.709. The number of nitrogen functional groups attached to an aromatic ring is 2. The predicted molar refractivity (Wildman–Crippen MR) is 89.8 cm³/mol. The van der Waals surface area contributed by atoms with E-state index >= 15 is 0 Å². The van der Waals surface area contributed by atoms with Gasteiger partial charge in [0, 0.05) is 23.4 Å². The average Bonchev–Trinajstić information content (AvgIpc) is 2.58. The summed E-state index contributed by atoms with van der Waals surface area (Å²) in [5, 5.41) is 9.08. The number of anilines is 2. The Hall–Kier alpha value is -3.46. The van der Waals surface area contributed by atoms with Crippen LogP contribution in [-0.2, 0) is 7.05 Å². The zero-order chi connectivity index (χ0) is 17.3. The van der Waals surface area contributed by atoms with E-state index in [4.69, 9.17) is 16.7 Å². The van der Waals surface area contributed by atoms with Crippen molar-refractivity contribution in [2.45, 2.75) is 0 Å². The third kappa shape index (κ3) is 2.63. The number of hydrogen-bond acceptors (Lipinski definition) is 4. The Morgan fingerprint density at radius 3 is 2.67 bits per heavy atom. The van der Waals surface area contributed by atoms with Crippen molar-refractivity contribution in [2.75, 3.05) is 11.5 Å². The second-order valence-corrected chi connectivity index (χ2v) is 5.39. The summed E-state index contributed by atoms with van der Waals surface area (Å²) < 4.78 is 15.5. The number of pyridine rings is 2. The summed E-state index contributed by atoms with van der Waals surface area (Å²) in [5.41, 5.74) is 15.1. The number of aryl methyl sites for hydroxylation is 1. The van der Waals surface area contributed by atoms with Crippen molar-refractivity contribution in [3.05, 3.63) is 60.2 Å². The molecule has 0 aliphatic heterocycles. The van der Waals surface area contributed by atoms with Crippen molar-refractivity contribution < 1.29 is 8.96 Å². The number of hydrogen-bond donors (Lipinski definition) is 2. The van der Waals surface area contributed by atoms with E-state index in [1.165, 1.54) is 12.1 Å². The minimum absolute atomic E-state index is 0.00255. The van der Waals surface area contributed by atoms with Crippen LogP contribution in [0.5, 0.6) is 0 Å². The van der Waals surface area contributed by atoms with Crippen LogP contribution in [0, 0.1) is 17.1 Å². The average molecular weight is 320 g/mol. The predicted octanol–water partition coefficient (Wildman–Crippen LogP) is 2.42. The summed E-state index contributed by atoms with van der Waals surface area (Å²) in [7, 11) is 1.88. The normalized spacial score (nSPS) is 10.4. The highest BCUT2D eigenvalue weighted by Gasteiger charge is 2.19. The van der Waals surface area contributed by atoms with Crippen LogP contribution in [0.25, 0.3) is 22.4 Å². The molecule has 0 unspecified atom stereocenters. The van der Waals surface area contributed by atoms with Crippen molar-refractivity contribution >= 4 is 11.5 Å². The molecule has 0 spiro atoms. The van der Waals surface area contributed by atoms with Crippen molar-refractivity contribution in [1.29, 1.82) is 5.26 Å². The molecule has 1 aromatic carbocycles. The lowest BCUT2D eigenvalue weighted by Crippen LogP contribution is -2.31. The lowest BCUT2D eigenvalue weighted by molar-refractivity contribution is -0.660. The molecule has 2 heterocycles. The highest BCUT2D eigenvalue weighted by atomic mass is 19.1. The fourth-order valence-corrected chi connectivity index (χ4v) is 2.60. The number of benzene rings is 1. The summed E-state index contributed by atoms with van der Waals surface area (Å²) >= 11 is 0. The molecule has 0 aliphatic carbocycles. The molecule has 0 atom stereocenters. The van der Waals surface area contributed by atoms with E-state index in [9.17, 15) is 4.39 Å². The molecule has 4 N–H and O–H groups in total. The molecule has 118 valence electrons. The monoisotopic (exact) mass is 320 g/mol. The maximum Gasteiger partial charge on any atom is 0.220 e. The Morgan fingerprint density at radius 1 is 1.17 bits per heavy atom. The lowest BCUT2D eigenvalue weighted by Gasteiger charge is -2.09. The van der Waals surface area contributed by atoms with E-state index < -0.39 is 5.82 Å². The van der Waals surface area contributed by atoms with Gasteiger partial charge in [-0.25, -0.2) is 13.9 Å². The standard InChI is InChI=1S/C18H15FN5/c1-24-6-2-3-14(13-8-16(21)18(22)23-10-13)17(24)11-4-5-15(19)12(7-11)9-20/h2-8,10H,21H2,1H3,(H2,22,23)/q+1. The molecule has 6 heteroatoms. The molecule has 3 rings (SSSR count). The highest BCUT2D eigenvalue weighted by molar-refractivity contribution is 5.81. The Labute approximate surface area is 138 Å². The van der Waals surface area contributed by atoms with Crippen LogP contribution in [0.15, 0.2) is 48.8 Å². The number of rotatable bonds is 2. The van der Waals surface area contributed by atoms with Crippen molar-refractivity contribution in [1.82, 2.24) is 4.98 Å². The van der Waals surface area contributed by atoms with Crippen molar-refractivity contribution in [3.63, 3.8) is 0 Å². The summed E-state index contributed by atoms with van der Waals surface area (Å²) in [6.45, 7) is 0. The van der Waals surface area contributed by atoms with Gasteiger partial charge in [-0.05, 0) is 30.3 Å². The van der Waals surface area contributed by atoms with Crippen molar-refractivity contribution in [2.24, 2.45) is 7.05 Å². The van der Waals surface area contributed by atoms with Crippen LogP contribution >= 0.6 is 0 Å². The van der Waals surface area contributed by atoms with Gasteiger partial charge in [0.1, 0.15) is 24.8 Å². The number of nitrogens with zero attached hydrogens (tertiary/aromatic N) is 3. The number of aromatic nitrogens is 2. The number of halogens is 1. The van der Waals surface area contributed by atoms with Gasteiger partial charge in [0.15, 0.2) is 6.20 Å². The van der Waals surface area contributed by atoms with Crippen molar-refractivity contribution in [3.8, 4) is 28.5 Å². The van der Waals surface area contributed by atoms with Crippen LogP contribution in [0.4, 0.5) is 15.9 Å². The molecule has 0 bridgehead atoms. The summed E-state index contributed by atoms with van der Waals surface area (Å²) in [4.78, 5) is 4.10. The molecule has 0 radical (unpaired) electrons. The molecule has 0 saturated heterocycles. The van der Waals surface area contributed by atoms with Gasteiger partial charge in [0.2, 0.25) is 5.69 Å². The van der Waals surface area contributed by atoms with Gasteiger partial charge in [-0.1, -0.05) is 0 Å². The van der Waals surface area contributed by atoms with Gasteiger partial charge in [-0.15, -0.1) is 0 Å². The first kappa shape index (κ1) is 15.4. The van der Waals surface area contributed by atoms with Crippen LogP contribution < -0.4 is 16.0 Å². The second-order valence-electron chi connectivity index (χ2n) is 5.39. The highest BCUT2D eigenvalue weighted by Crippen LogP contribution is 2.31. The molecule has 5 nitrogen and oxygen atoms in total. The van der Waals surface area contributed by atoms with Gasteiger partial charge in [-0.2, -0.15) is 5.26 Å². The smallest absolute Gasteiger partial charge is 0.220 e. The summed E-state index contributed by atoms with van der Waals surface area (Å²) in [6.07, 6.45) is 3.52. The SMILES string of the molecule is C[n+]1cccc(-c2cnc(N)c(N)c2)c1-c1ccc(F)c(C#N)c1. The zero-order valence-electron chi connectivity index (χ0n) is 13.0. The maximum atomic E-state index is 13.6. The maximum absolute atomic E-state index is 13.6. The molecule has 3 aromatic rings. The minimum atomic E-state index is -0.542. The topological polar surface area (TPSA) is 92.6 Å². The molecular weight excluding hydrogens is 305 g/mol. The van der Waals surface area contributed by atoms with E-state index in [1.54, 1.807) is 18.3 Å². The third-order valence-corrected chi connectivity index (χ3v) is 3.80. The molecule has 0 amide bonds. The fourth-order valence-electron chi connectivity index (χ4n) is 2.60. The Balaban J connectivity index is 2.26. The zero-order valence-corrected chi connectivity index (χ0v) is 13.0. The van der Waals surface area contributed by atoms with E-state index in [2.05, 4.69) is 4.98 Å². The van der Waals surface area contributed by atoms with E-state index in [0.717, 1.165) is 22.4 Å². The second kappa shape index (κ2) is 5.97. The third-order valence-electron chi connectivity index (χ3n) is 3.80. The molecule has 0 aliphatic rings. The van der Waals surface area contributed by atoms with Gasteiger partial charge in [0.25, 0.3) is 0 Å². The Kier molecular flexibility index (Phi) is 3.84. The largest absolute Gasteiger partial charge is 0.396 e. The lowest BCUT2D eigenvalue weighted by atomic mass is 9.98. The molecule has 24 heavy (non-hydrogen) atoms. The number of nitrogens with two attached hydrogens (primary N) is 2. The summed E-state index contributed by atoms with van der Waals surface area (Å²) in [6, 6.07) is 11.9. The van der Waals surface area contributed by atoms with E-state index in [-0.39, 0.29) is 11.4 Å². The Morgan fingerprint density at radius 2 is 1.96 bits per heavy atom. The van der Waals surface area contributed by atoms with Gasteiger partial charge >= 0.3 is 0 Å². The summed E-state index contributed by atoms with van der Waals surface area (Å²) in [5.74, 6) is -0.270. The first-order valence-electron chi connectivity index (χ1n) is 7.21. The van der Waals surface area contributed by atoms with E-state index in [0.29, 0.717) is 5.69 Å². The van der Waals surface area contributed by atoms with Gasteiger partial charge < -0.3 is 11.5 Å². The van der Waals surface area contributed by atoms with E-state index in [1.807, 2.05) is 36.0 Å². The van der Waals surface area contributed by atoms with Crippen LogP contribution in [-0.4, -0.2) is 4.98 Å². The minimum Gasteiger partial charge on any atom is -0.396 e. The molecule has 2 aromatic heterocycles. The first-order valence-corrected chi connectivity index (χ1v) is 7.21. The molecule has 0 saturated carbocycles. The Bertz CT molecular complexity index is 976. The van der Waals surface area contributed by atoms with Crippen LogP contribution in [0.1, 0.15) is 5.56 Å². The van der Waals surface area contributed by atoms with Gasteiger partial charge in [0.05, 0.1) is 16.8 Å². The van der Waals surface area contributed by atoms with Crippen LogP contribution in [0.2, 0.25) is 0 Å². The molecular formula is C18H15FN5+. The molecule has 0 fully saturated rings. The number of nitriles is 1. The van der Waals surface area contributed by atoms with Crippen LogP contribution in [0.3, 0.4) is 0 Å².